The Bertz CT molecular complexity index is 699. The van der Waals surface area contributed by atoms with Gasteiger partial charge in [-0.05, 0) is 12.1 Å². The number of benzene rings is 2. The number of nitrogens with zero attached hydrogens (tertiary/aromatic N) is 4. The van der Waals surface area contributed by atoms with E-state index in [0.717, 1.165) is 22.7 Å². The van der Waals surface area contributed by atoms with E-state index in [9.17, 15) is 0 Å². The van der Waals surface area contributed by atoms with Crippen LogP contribution in [0.4, 0.5) is 22.7 Å². The first-order valence-electron chi connectivity index (χ1n) is 6.92. The first-order chi connectivity index (χ1) is 10.9. The molecule has 5 heteroatoms. The summed E-state index contributed by atoms with van der Waals surface area (Å²) in [5.41, 5.74) is 3.25. The fraction of sp³-hybridized carbons (Fsp3) is 0.0526. The Morgan fingerprint density at radius 2 is 1.04 bits per heavy atom. The van der Waals surface area contributed by atoms with Crippen molar-refractivity contribution in [3.63, 3.8) is 0 Å². The van der Waals surface area contributed by atoms with Gasteiger partial charge in [-0.2, -0.15) is 23.8 Å². The van der Waals surface area contributed by atoms with Crippen LogP contribution in [0.2, 0.25) is 0 Å². The van der Waals surface area contributed by atoms with E-state index in [2.05, 4.69) is 20.6 Å². The summed E-state index contributed by atoms with van der Waals surface area (Å²) in [4.78, 5) is 8.80. The van der Waals surface area contributed by atoms with E-state index in [1.54, 1.807) is 37.0 Å². The molecule has 0 spiro atoms. The third-order valence-corrected chi connectivity index (χ3v) is 2.96. The van der Waals surface area contributed by atoms with E-state index in [-0.39, 0.29) is 24.5 Å². The summed E-state index contributed by atoms with van der Waals surface area (Å²) in [5, 5.41) is 8.80. The van der Waals surface area contributed by atoms with Gasteiger partial charge in [0.25, 0.3) is 0 Å². The molecule has 0 amide bonds. The molecule has 2 aromatic rings. The van der Waals surface area contributed by atoms with Gasteiger partial charge in [-0.25, -0.2) is 0 Å². The van der Waals surface area contributed by atoms with Crippen molar-refractivity contribution in [2.24, 2.45) is 9.98 Å². The Morgan fingerprint density at radius 3 is 1.50 bits per heavy atom. The number of allylic oxidation sites excluding steroid dienone is 2. The summed E-state index contributed by atoms with van der Waals surface area (Å²) in [7, 11) is 0. The van der Waals surface area contributed by atoms with Crippen LogP contribution < -0.4 is 0 Å². The molecule has 3 rings (SSSR count). The molecule has 0 unspecified atom stereocenters. The fourth-order valence-electron chi connectivity index (χ4n) is 1.94. The van der Waals surface area contributed by atoms with E-state index >= 15 is 0 Å². The van der Waals surface area contributed by atoms with E-state index in [1.165, 1.54) is 0 Å². The zero-order valence-electron chi connectivity index (χ0n) is 12.2. The molecule has 24 heavy (non-hydrogen) atoms. The Kier molecular flexibility index (Phi) is 8.26. The molecule has 122 valence electrons. The summed E-state index contributed by atoms with van der Waals surface area (Å²) in [6.07, 6.45) is 10.4. The van der Waals surface area contributed by atoms with Crippen LogP contribution in [0.25, 0.3) is 10.6 Å². The average Bonchev–Trinajstić information content (AvgIpc) is 2.56. The molecule has 0 fully saturated rings. The van der Waals surface area contributed by atoms with Crippen LogP contribution in [0.15, 0.2) is 83.1 Å². The fourth-order valence-corrected chi connectivity index (χ4v) is 1.94. The maximum absolute atomic E-state index is 4.40. The van der Waals surface area contributed by atoms with Crippen molar-refractivity contribution in [2.45, 2.75) is 7.43 Å². The molecule has 0 aromatic heterocycles. The van der Waals surface area contributed by atoms with Gasteiger partial charge in [0.1, 0.15) is 0 Å². The van der Waals surface area contributed by atoms with Gasteiger partial charge in [0, 0.05) is 12.4 Å². The van der Waals surface area contributed by atoms with E-state index in [4.69, 9.17) is 0 Å². The van der Waals surface area contributed by atoms with E-state index < -0.39 is 0 Å². The van der Waals surface area contributed by atoms with E-state index in [0.29, 0.717) is 0 Å². The molecule has 0 saturated carbocycles. The summed E-state index contributed by atoms with van der Waals surface area (Å²) in [6.45, 7) is 0. The van der Waals surface area contributed by atoms with E-state index in [1.807, 2.05) is 48.5 Å². The third-order valence-electron chi connectivity index (χ3n) is 2.96. The standard InChI is InChI=1S/C18H14N4.CH4.Fe/c1-2-8-16-15(7-1)19-11-5-13-21-17-9-3-4-10-18(17)22-14-6-12-20-16;;/h1-14H;1H4;/q-2;;+2. The van der Waals surface area contributed by atoms with Gasteiger partial charge in [0.05, 0.1) is 11.4 Å². The predicted molar refractivity (Wildman–Crippen MR) is 100 cm³/mol. The Hall–Kier alpha value is -2.62. The maximum atomic E-state index is 4.40. The number of fused-ring (bicyclic) bond motifs is 2. The second-order valence-corrected chi connectivity index (χ2v) is 4.48. The minimum Gasteiger partial charge on any atom is -0.665 e. The second-order valence-electron chi connectivity index (χ2n) is 4.48. The first-order valence-corrected chi connectivity index (χ1v) is 6.92. The maximum Gasteiger partial charge on any atom is 2.00 e. The van der Waals surface area contributed by atoms with Gasteiger partial charge in [0.15, 0.2) is 0 Å². The van der Waals surface area contributed by atoms with Crippen LogP contribution >= 0.6 is 0 Å². The molecule has 1 aliphatic heterocycles. The Morgan fingerprint density at radius 1 is 0.625 bits per heavy atom. The van der Waals surface area contributed by atoms with Gasteiger partial charge >= 0.3 is 17.1 Å². The van der Waals surface area contributed by atoms with Gasteiger partial charge in [-0.1, -0.05) is 56.0 Å². The number of hydrogen-bond donors (Lipinski definition) is 0. The molecular formula is C19H18FeN4. The van der Waals surface area contributed by atoms with Gasteiger partial charge in [-0.15, -0.1) is 0 Å². The molecule has 0 bridgehead atoms. The number of rotatable bonds is 0. The monoisotopic (exact) mass is 358 g/mol. The van der Waals surface area contributed by atoms with Crippen molar-refractivity contribution in [3.05, 3.63) is 83.7 Å². The zero-order chi connectivity index (χ0) is 15.0. The summed E-state index contributed by atoms with van der Waals surface area (Å²) in [6, 6.07) is 15.4. The average molecular weight is 358 g/mol. The SMILES string of the molecule is C.C1=C[N-]c2ccccc2[N-]C=CC=Nc2ccccc2N=C1.[Fe+2]. The largest absolute Gasteiger partial charge is 2.00 e. The van der Waals surface area contributed by atoms with Crippen LogP contribution in [0.1, 0.15) is 7.43 Å². The summed E-state index contributed by atoms with van der Waals surface area (Å²) >= 11 is 0. The quantitative estimate of drug-likeness (QED) is 0.484. The molecular weight excluding hydrogens is 340 g/mol. The van der Waals surface area contributed by atoms with Crippen LogP contribution in [0, 0.1) is 0 Å². The number of hydrogen-bond acceptors (Lipinski definition) is 2. The summed E-state index contributed by atoms with van der Waals surface area (Å²) < 4.78 is 0. The van der Waals surface area contributed by atoms with Gasteiger partial charge in [0.2, 0.25) is 0 Å². The Labute approximate surface area is 153 Å². The zero-order valence-corrected chi connectivity index (χ0v) is 13.3. The van der Waals surface area contributed by atoms with Crippen LogP contribution in [-0.2, 0) is 17.1 Å². The van der Waals surface area contributed by atoms with Crippen molar-refractivity contribution < 1.29 is 17.1 Å². The number of para-hydroxylation sites is 4. The smallest absolute Gasteiger partial charge is 0.665 e. The first kappa shape index (κ1) is 19.4. The molecule has 1 aliphatic rings. The van der Waals surface area contributed by atoms with Crippen LogP contribution in [0.5, 0.6) is 0 Å². The van der Waals surface area contributed by atoms with Crippen molar-refractivity contribution in [1.29, 1.82) is 0 Å². The minimum atomic E-state index is 0. The molecule has 0 aliphatic carbocycles. The second kappa shape index (κ2) is 10.2. The minimum absolute atomic E-state index is 0. The normalized spacial score (nSPS) is 12.3. The van der Waals surface area contributed by atoms with Crippen LogP contribution in [-0.4, -0.2) is 12.4 Å². The molecule has 4 nitrogen and oxygen atoms in total. The number of aliphatic imine (C=N–C) groups is 2. The molecule has 0 atom stereocenters. The Balaban J connectivity index is 0.00000144. The van der Waals surface area contributed by atoms with Crippen LogP contribution in [0.3, 0.4) is 0 Å². The van der Waals surface area contributed by atoms with Crippen molar-refractivity contribution in [1.82, 2.24) is 0 Å². The van der Waals surface area contributed by atoms with Gasteiger partial charge in [-0.3, -0.25) is 9.98 Å². The van der Waals surface area contributed by atoms with Crippen molar-refractivity contribution >= 4 is 35.2 Å². The predicted octanol–water partition coefficient (Wildman–Crippen LogP) is 6.48. The third kappa shape index (κ3) is 5.23. The summed E-state index contributed by atoms with van der Waals surface area (Å²) in [5.74, 6) is 0. The van der Waals surface area contributed by atoms with Gasteiger partial charge < -0.3 is 10.6 Å². The molecule has 0 radical (unpaired) electrons. The molecule has 0 saturated heterocycles. The molecule has 0 N–H and O–H groups in total. The topological polar surface area (TPSA) is 52.9 Å². The van der Waals surface area contributed by atoms with Crippen molar-refractivity contribution in [2.75, 3.05) is 0 Å². The van der Waals surface area contributed by atoms with Crippen molar-refractivity contribution in [3.8, 4) is 0 Å². The molecule has 2 aromatic carbocycles. The molecule has 1 heterocycles.